The van der Waals surface area contributed by atoms with Crippen LogP contribution in [0.3, 0.4) is 0 Å². The smallest absolute Gasteiger partial charge is 0.144 e. The van der Waals surface area contributed by atoms with Crippen LogP contribution in [0.4, 0.5) is 4.39 Å². The number of nitrogens with two attached hydrogens (primary N) is 1. The Bertz CT molecular complexity index is 310. The van der Waals surface area contributed by atoms with Crippen LogP contribution in [0, 0.1) is 5.82 Å². The largest absolute Gasteiger partial charge is 0.324 e. The molecule has 1 unspecified atom stereocenters. The maximum Gasteiger partial charge on any atom is 0.144 e. The highest BCUT2D eigenvalue weighted by molar-refractivity contribution is 6.30. The van der Waals surface area contributed by atoms with Crippen LogP contribution in [-0.4, -0.2) is 0 Å². The highest BCUT2D eigenvalue weighted by Crippen LogP contribution is 2.23. The van der Waals surface area contributed by atoms with Gasteiger partial charge in [-0.1, -0.05) is 24.6 Å². The molecule has 3 heteroatoms. The molecule has 0 spiro atoms. The maximum atomic E-state index is 13.3. The van der Waals surface area contributed by atoms with E-state index in [2.05, 4.69) is 0 Å². The van der Waals surface area contributed by atoms with Gasteiger partial charge in [-0.3, -0.25) is 0 Å². The molecule has 0 bridgehead atoms. The molecule has 1 rings (SSSR count). The van der Waals surface area contributed by atoms with Gasteiger partial charge in [0.1, 0.15) is 5.82 Å². The average Bonchev–Trinajstić information content (AvgIpc) is 2.09. The van der Waals surface area contributed by atoms with Crippen LogP contribution in [0.1, 0.15) is 31.0 Å². The van der Waals surface area contributed by atoms with Crippen LogP contribution in [0.25, 0.3) is 0 Å². The van der Waals surface area contributed by atoms with Gasteiger partial charge in [0.15, 0.2) is 0 Å². The molecular formula is C10H13ClFN. The van der Waals surface area contributed by atoms with Crippen LogP contribution in [0.15, 0.2) is 12.1 Å². The molecule has 0 heterocycles. The van der Waals surface area contributed by atoms with Crippen LogP contribution in [-0.2, 0) is 6.42 Å². The number of halogens is 2. The Kier molecular flexibility index (Phi) is 3.28. The molecule has 0 saturated heterocycles. The van der Waals surface area contributed by atoms with E-state index in [1.165, 1.54) is 0 Å². The van der Waals surface area contributed by atoms with Crippen LogP contribution < -0.4 is 5.73 Å². The summed E-state index contributed by atoms with van der Waals surface area (Å²) in [6, 6.07) is 3.25. The summed E-state index contributed by atoms with van der Waals surface area (Å²) >= 11 is 5.71. The molecule has 0 saturated carbocycles. The van der Waals surface area contributed by atoms with Gasteiger partial charge in [-0.15, -0.1) is 0 Å². The van der Waals surface area contributed by atoms with Gasteiger partial charge in [-0.2, -0.15) is 0 Å². The normalized spacial score (nSPS) is 13.0. The van der Waals surface area contributed by atoms with E-state index in [4.69, 9.17) is 17.3 Å². The first-order chi connectivity index (χ1) is 6.06. The van der Waals surface area contributed by atoms with Crippen molar-refractivity contribution in [2.45, 2.75) is 26.3 Å². The first-order valence-corrected chi connectivity index (χ1v) is 4.67. The minimum atomic E-state index is -0.325. The second-order valence-electron chi connectivity index (χ2n) is 3.12. The first kappa shape index (κ1) is 10.5. The van der Waals surface area contributed by atoms with Gasteiger partial charge in [0.25, 0.3) is 0 Å². The van der Waals surface area contributed by atoms with E-state index in [0.29, 0.717) is 12.0 Å². The second kappa shape index (κ2) is 4.07. The zero-order chi connectivity index (χ0) is 10.0. The fourth-order valence-electron chi connectivity index (χ4n) is 1.19. The SMILES string of the molecule is CCc1cc(C(C)N)cc(Cl)c1F. The summed E-state index contributed by atoms with van der Waals surface area (Å²) in [5.74, 6) is -0.325. The highest BCUT2D eigenvalue weighted by Gasteiger charge is 2.09. The lowest BCUT2D eigenvalue weighted by Gasteiger charge is -2.09. The second-order valence-corrected chi connectivity index (χ2v) is 3.53. The van der Waals surface area contributed by atoms with Gasteiger partial charge in [0, 0.05) is 6.04 Å². The lowest BCUT2D eigenvalue weighted by molar-refractivity contribution is 0.610. The Morgan fingerprint density at radius 3 is 2.62 bits per heavy atom. The summed E-state index contributed by atoms with van der Waals surface area (Å²) in [6.07, 6.45) is 0.631. The van der Waals surface area contributed by atoms with Crippen LogP contribution in [0.2, 0.25) is 5.02 Å². The van der Waals surface area contributed by atoms with E-state index in [9.17, 15) is 4.39 Å². The maximum absolute atomic E-state index is 13.3. The zero-order valence-electron chi connectivity index (χ0n) is 7.77. The lowest BCUT2D eigenvalue weighted by atomic mass is 10.0. The van der Waals surface area contributed by atoms with Gasteiger partial charge >= 0.3 is 0 Å². The third-order valence-corrected chi connectivity index (χ3v) is 2.31. The predicted molar refractivity (Wildman–Crippen MR) is 53.4 cm³/mol. The molecule has 0 aliphatic rings. The number of hydrogen-bond donors (Lipinski definition) is 1. The zero-order valence-corrected chi connectivity index (χ0v) is 8.53. The number of hydrogen-bond acceptors (Lipinski definition) is 1. The Labute approximate surface area is 82.7 Å². The van der Waals surface area contributed by atoms with Gasteiger partial charge in [0.2, 0.25) is 0 Å². The molecule has 1 nitrogen and oxygen atoms in total. The van der Waals surface area contributed by atoms with Gasteiger partial charge in [-0.05, 0) is 30.5 Å². The highest BCUT2D eigenvalue weighted by atomic mass is 35.5. The molecular weight excluding hydrogens is 189 g/mol. The molecule has 72 valence electrons. The fraction of sp³-hybridized carbons (Fsp3) is 0.400. The van der Waals surface area contributed by atoms with Crippen LogP contribution in [0.5, 0.6) is 0 Å². The van der Waals surface area contributed by atoms with Crippen molar-refractivity contribution in [3.63, 3.8) is 0 Å². The molecule has 0 fully saturated rings. The summed E-state index contributed by atoms with van der Waals surface area (Å²) in [4.78, 5) is 0. The molecule has 0 aliphatic heterocycles. The Morgan fingerprint density at radius 1 is 1.54 bits per heavy atom. The summed E-state index contributed by atoms with van der Waals surface area (Å²) < 4.78 is 13.3. The number of rotatable bonds is 2. The first-order valence-electron chi connectivity index (χ1n) is 4.29. The molecule has 0 aromatic heterocycles. The number of aryl methyl sites for hydroxylation is 1. The predicted octanol–water partition coefficient (Wildman–Crippen LogP) is 3.06. The summed E-state index contributed by atoms with van der Waals surface area (Å²) in [5, 5.41) is 0.159. The Balaban J connectivity index is 3.22. The molecule has 0 aliphatic carbocycles. The van der Waals surface area contributed by atoms with Gasteiger partial charge < -0.3 is 5.73 Å². The monoisotopic (exact) mass is 201 g/mol. The topological polar surface area (TPSA) is 26.0 Å². The minimum Gasteiger partial charge on any atom is -0.324 e. The molecule has 1 aromatic rings. The standard InChI is InChI=1S/C10H13ClFN/c1-3-7-4-8(6(2)13)5-9(11)10(7)12/h4-6H,3,13H2,1-2H3. The Morgan fingerprint density at radius 2 is 2.15 bits per heavy atom. The third kappa shape index (κ3) is 2.20. The van der Waals surface area contributed by atoms with Crippen molar-refractivity contribution in [1.29, 1.82) is 0 Å². The molecule has 0 radical (unpaired) electrons. The minimum absolute atomic E-state index is 0.108. The van der Waals surface area contributed by atoms with Crippen molar-refractivity contribution in [2.24, 2.45) is 5.73 Å². The van der Waals surface area contributed by atoms with Crippen molar-refractivity contribution < 1.29 is 4.39 Å². The third-order valence-electron chi connectivity index (χ3n) is 2.03. The van der Waals surface area contributed by atoms with E-state index < -0.39 is 0 Å². The summed E-state index contributed by atoms with van der Waals surface area (Å²) in [5.41, 5.74) is 7.18. The van der Waals surface area contributed by atoms with Crippen molar-refractivity contribution in [2.75, 3.05) is 0 Å². The Hall–Kier alpha value is -0.600. The van der Waals surface area contributed by atoms with E-state index in [-0.39, 0.29) is 16.9 Å². The van der Waals surface area contributed by atoms with E-state index >= 15 is 0 Å². The van der Waals surface area contributed by atoms with Crippen LogP contribution >= 0.6 is 11.6 Å². The lowest BCUT2D eigenvalue weighted by Crippen LogP contribution is -2.06. The summed E-state index contributed by atoms with van der Waals surface area (Å²) in [6.45, 7) is 3.74. The average molecular weight is 202 g/mol. The van der Waals surface area contributed by atoms with Gasteiger partial charge in [-0.25, -0.2) is 4.39 Å². The van der Waals surface area contributed by atoms with E-state index in [1.54, 1.807) is 12.1 Å². The molecule has 0 amide bonds. The summed E-state index contributed by atoms with van der Waals surface area (Å²) in [7, 11) is 0. The van der Waals surface area contributed by atoms with E-state index in [0.717, 1.165) is 5.56 Å². The molecule has 1 atom stereocenters. The quantitative estimate of drug-likeness (QED) is 0.782. The fourth-order valence-corrected chi connectivity index (χ4v) is 1.44. The molecule has 1 aromatic carbocycles. The van der Waals surface area contributed by atoms with E-state index in [1.807, 2.05) is 13.8 Å². The van der Waals surface area contributed by atoms with Crippen molar-refractivity contribution in [3.05, 3.63) is 34.1 Å². The molecule has 13 heavy (non-hydrogen) atoms. The van der Waals surface area contributed by atoms with Crippen molar-refractivity contribution >= 4 is 11.6 Å². The van der Waals surface area contributed by atoms with Crippen molar-refractivity contribution in [3.8, 4) is 0 Å². The molecule has 2 N–H and O–H groups in total. The number of benzene rings is 1. The van der Waals surface area contributed by atoms with Gasteiger partial charge in [0.05, 0.1) is 5.02 Å². The van der Waals surface area contributed by atoms with Crippen molar-refractivity contribution in [1.82, 2.24) is 0 Å².